The van der Waals surface area contributed by atoms with E-state index in [-0.39, 0.29) is 11.3 Å². The molecule has 2 aromatic rings. The lowest BCUT2D eigenvalue weighted by molar-refractivity contribution is 0.0468. The molecule has 1 aliphatic heterocycles. The predicted octanol–water partition coefficient (Wildman–Crippen LogP) is 2.51. The van der Waals surface area contributed by atoms with Crippen LogP contribution in [0.4, 0.5) is 0 Å². The molecule has 1 heterocycles. The van der Waals surface area contributed by atoms with Crippen LogP contribution in [0.1, 0.15) is 20.7 Å². The van der Waals surface area contributed by atoms with Crippen LogP contribution >= 0.6 is 0 Å². The van der Waals surface area contributed by atoms with Crippen LogP contribution in [0.2, 0.25) is 0 Å². The van der Waals surface area contributed by atoms with E-state index >= 15 is 0 Å². The van der Waals surface area contributed by atoms with Crippen molar-refractivity contribution in [2.24, 2.45) is 0 Å². The van der Waals surface area contributed by atoms with Gasteiger partial charge < -0.3 is 23.7 Å². The topological polar surface area (TPSA) is 80.3 Å². The molecule has 0 saturated heterocycles. The summed E-state index contributed by atoms with van der Waals surface area (Å²) in [5.41, 5.74) is 0.501. The van der Waals surface area contributed by atoms with E-state index in [1.54, 1.807) is 36.4 Å². The standard InChI is InChI=1S/C19H18O7/c1-22-15-4-3-5-16(23-2)18(15)19(21)26-11-13(20)12-6-7-14-17(10-12)25-9-8-24-14/h3-7,10H,8-9,11H2,1-2H3. The van der Waals surface area contributed by atoms with Crippen molar-refractivity contribution in [3.05, 3.63) is 47.5 Å². The predicted molar refractivity (Wildman–Crippen MR) is 91.6 cm³/mol. The molecule has 0 bridgehead atoms. The van der Waals surface area contributed by atoms with Crippen LogP contribution in [0.15, 0.2) is 36.4 Å². The molecule has 0 aliphatic carbocycles. The first kappa shape index (κ1) is 17.6. The number of Topliss-reactive ketones (excluding diaryl/α,β-unsaturated/α-hetero) is 1. The van der Waals surface area contributed by atoms with E-state index in [0.717, 1.165) is 0 Å². The molecule has 0 fully saturated rings. The molecule has 0 N–H and O–H groups in total. The van der Waals surface area contributed by atoms with Gasteiger partial charge in [0.05, 0.1) is 14.2 Å². The summed E-state index contributed by atoms with van der Waals surface area (Å²) >= 11 is 0. The quantitative estimate of drug-likeness (QED) is 0.580. The fourth-order valence-corrected chi connectivity index (χ4v) is 2.56. The number of methoxy groups -OCH3 is 2. The summed E-state index contributed by atoms with van der Waals surface area (Å²) < 4.78 is 26.4. The summed E-state index contributed by atoms with van der Waals surface area (Å²) in [5.74, 6) is 0.639. The average Bonchev–Trinajstić information content (AvgIpc) is 2.70. The van der Waals surface area contributed by atoms with Gasteiger partial charge in [0.25, 0.3) is 0 Å². The molecule has 0 aromatic heterocycles. The van der Waals surface area contributed by atoms with Crippen molar-refractivity contribution in [3.63, 3.8) is 0 Å². The number of benzene rings is 2. The lowest BCUT2D eigenvalue weighted by Gasteiger charge is -2.18. The van der Waals surface area contributed by atoms with Crippen LogP contribution < -0.4 is 18.9 Å². The Bertz CT molecular complexity index is 806. The van der Waals surface area contributed by atoms with Gasteiger partial charge in [-0.1, -0.05) is 6.07 Å². The Morgan fingerprint density at radius 1 is 0.962 bits per heavy atom. The van der Waals surface area contributed by atoms with Gasteiger partial charge in [-0.05, 0) is 30.3 Å². The van der Waals surface area contributed by atoms with E-state index in [0.29, 0.717) is 41.8 Å². The van der Waals surface area contributed by atoms with Crippen molar-refractivity contribution >= 4 is 11.8 Å². The second-order valence-electron chi connectivity index (χ2n) is 5.40. The summed E-state index contributed by atoms with van der Waals surface area (Å²) in [6.45, 7) is 0.478. The highest BCUT2D eigenvalue weighted by atomic mass is 16.6. The van der Waals surface area contributed by atoms with Gasteiger partial charge >= 0.3 is 5.97 Å². The van der Waals surface area contributed by atoms with Gasteiger partial charge in [0.15, 0.2) is 23.9 Å². The van der Waals surface area contributed by atoms with Crippen molar-refractivity contribution in [3.8, 4) is 23.0 Å². The van der Waals surface area contributed by atoms with Crippen molar-refractivity contribution in [2.45, 2.75) is 0 Å². The Hall–Kier alpha value is -3.22. The second-order valence-corrected chi connectivity index (χ2v) is 5.40. The van der Waals surface area contributed by atoms with Gasteiger partial charge in [0.2, 0.25) is 0 Å². The maximum absolute atomic E-state index is 12.4. The maximum Gasteiger partial charge on any atom is 0.346 e. The van der Waals surface area contributed by atoms with Crippen molar-refractivity contribution in [1.82, 2.24) is 0 Å². The van der Waals surface area contributed by atoms with E-state index in [1.165, 1.54) is 14.2 Å². The van der Waals surface area contributed by atoms with Crippen LogP contribution in [0, 0.1) is 0 Å². The van der Waals surface area contributed by atoms with Gasteiger partial charge in [-0.2, -0.15) is 0 Å². The fraction of sp³-hybridized carbons (Fsp3) is 0.263. The Morgan fingerprint density at radius 2 is 1.62 bits per heavy atom. The fourth-order valence-electron chi connectivity index (χ4n) is 2.56. The molecule has 1 aliphatic rings. The van der Waals surface area contributed by atoms with Crippen LogP contribution in [-0.2, 0) is 4.74 Å². The number of hydrogen-bond donors (Lipinski definition) is 0. The number of rotatable bonds is 6. The highest BCUT2D eigenvalue weighted by molar-refractivity contribution is 6.01. The number of carbonyl (C=O) groups excluding carboxylic acids is 2. The van der Waals surface area contributed by atoms with Crippen LogP contribution in [-0.4, -0.2) is 45.8 Å². The number of esters is 1. The molecule has 0 radical (unpaired) electrons. The van der Waals surface area contributed by atoms with Crippen LogP contribution in [0.3, 0.4) is 0 Å². The van der Waals surface area contributed by atoms with Gasteiger partial charge in [-0.15, -0.1) is 0 Å². The molecule has 26 heavy (non-hydrogen) atoms. The second kappa shape index (κ2) is 7.77. The summed E-state index contributed by atoms with van der Waals surface area (Å²) in [5, 5.41) is 0. The van der Waals surface area contributed by atoms with E-state index in [4.69, 9.17) is 23.7 Å². The first-order valence-corrected chi connectivity index (χ1v) is 7.95. The highest BCUT2D eigenvalue weighted by Crippen LogP contribution is 2.31. The van der Waals surface area contributed by atoms with Gasteiger partial charge in [0.1, 0.15) is 30.3 Å². The minimum Gasteiger partial charge on any atom is -0.496 e. The SMILES string of the molecule is COc1cccc(OC)c1C(=O)OCC(=O)c1ccc2c(c1)OCCO2. The molecule has 136 valence electrons. The van der Waals surface area contributed by atoms with Crippen molar-refractivity contribution in [1.29, 1.82) is 0 Å². The number of fused-ring (bicyclic) bond motifs is 1. The van der Waals surface area contributed by atoms with Gasteiger partial charge in [-0.3, -0.25) is 4.79 Å². The van der Waals surface area contributed by atoms with E-state index < -0.39 is 12.6 Å². The Morgan fingerprint density at radius 3 is 2.27 bits per heavy atom. The first-order chi connectivity index (χ1) is 12.6. The molecule has 7 nitrogen and oxygen atoms in total. The Labute approximate surface area is 150 Å². The molecule has 0 saturated carbocycles. The first-order valence-electron chi connectivity index (χ1n) is 7.95. The molecule has 2 aromatic carbocycles. The zero-order valence-electron chi connectivity index (χ0n) is 14.4. The minimum absolute atomic E-state index is 0.132. The Kier molecular flexibility index (Phi) is 5.26. The van der Waals surface area contributed by atoms with Crippen LogP contribution in [0.5, 0.6) is 23.0 Å². The summed E-state index contributed by atoms with van der Waals surface area (Å²) in [6.07, 6.45) is 0. The molecule has 3 rings (SSSR count). The average molecular weight is 358 g/mol. The van der Waals surface area contributed by atoms with Gasteiger partial charge in [-0.25, -0.2) is 4.79 Å². The smallest absolute Gasteiger partial charge is 0.346 e. The number of ketones is 1. The maximum atomic E-state index is 12.4. The zero-order chi connectivity index (χ0) is 18.5. The lowest BCUT2D eigenvalue weighted by atomic mass is 10.1. The normalized spacial score (nSPS) is 12.2. The lowest BCUT2D eigenvalue weighted by Crippen LogP contribution is -2.18. The Balaban J connectivity index is 1.71. The van der Waals surface area contributed by atoms with Gasteiger partial charge in [0, 0.05) is 5.56 Å². The van der Waals surface area contributed by atoms with Crippen molar-refractivity contribution in [2.75, 3.05) is 34.0 Å². The van der Waals surface area contributed by atoms with E-state index in [2.05, 4.69) is 0 Å². The van der Waals surface area contributed by atoms with Crippen molar-refractivity contribution < 1.29 is 33.3 Å². The summed E-state index contributed by atoms with van der Waals surface area (Å²) in [7, 11) is 2.87. The molecule has 0 spiro atoms. The number of carbonyl (C=O) groups is 2. The molecular formula is C19H18O7. The third kappa shape index (κ3) is 3.56. The number of hydrogen-bond acceptors (Lipinski definition) is 7. The summed E-state index contributed by atoms with van der Waals surface area (Å²) in [6, 6.07) is 9.76. The van der Waals surface area contributed by atoms with E-state index in [1.807, 2.05) is 0 Å². The zero-order valence-corrected chi connectivity index (χ0v) is 14.4. The molecule has 0 amide bonds. The molecule has 0 atom stereocenters. The van der Waals surface area contributed by atoms with Crippen LogP contribution in [0.25, 0.3) is 0 Å². The third-order valence-corrected chi connectivity index (χ3v) is 3.83. The third-order valence-electron chi connectivity index (χ3n) is 3.83. The largest absolute Gasteiger partial charge is 0.496 e. The minimum atomic E-state index is -0.704. The molecular weight excluding hydrogens is 340 g/mol. The summed E-state index contributed by atoms with van der Waals surface area (Å²) in [4.78, 5) is 24.7. The van der Waals surface area contributed by atoms with E-state index in [9.17, 15) is 9.59 Å². The number of ether oxygens (including phenoxy) is 5. The molecule has 7 heteroatoms. The molecule has 0 unspecified atom stereocenters. The monoisotopic (exact) mass is 358 g/mol. The highest BCUT2D eigenvalue weighted by Gasteiger charge is 2.21.